The second-order valence-corrected chi connectivity index (χ2v) is 3.80. The number of nitrogens with one attached hydrogen (secondary N) is 1. The fourth-order valence-corrected chi connectivity index (χ4v) is 1.79. The predicted octanol–water partition coefficient (Wildman–Crippen LogP) is 2.12. The third kappa shape index (κ3) is 2.85. The average Bonchev–Trinajstić information content (AvgIpc) is 2.38. The summed E-state index contributed by atoms with van der Waals surface area (Å²) in [5.74, 6) is -0.277. The van der Waals surface area contributed by atoms with Gasteiger partial charge in [0.1, 0.15) is 5.82 Å². The van der Waals surface area contributed by atoms with Gasteiger partial charge in [-0.2, -0.15) is 0 Å². The van der Waals surface area contributed by atoms with E-state index in [0.29, 0.717) is 5.56 Å². The van der Waals surface area contributed by atoms with E-state index in [1.807, 2.05) is 19.2 Å². The Hall–Kier alpha value is -1.81. The molecule has 0 bridgehead atoms. The number of halogens is 1. The Morgan fingerprint density at radius 1 is 1.18 bits per heavy atom. The maximum atomic E-state index is 13.6. The van der Waals surface area contributed by atoms with Crippen molar-refractivity contribution in [3.05, 3.63) is 59.9 Å². The lowest BCUT2D eigenvalue weighted by atomic mass is 10.0. The first-order valence-electron chi connectivity index (χ1n) is 5.47. The molecule has 0 aliphatic rings. The van der Waals surface area contributed by atoms with Crippen LogP contribution in [0.2, 0.25) is 0 Å². The van der Waals surface area contributed by atoms with Crippen LogP contribution in [0.15, 0.2) is 43.0 Å². The van der Waals surface area contributed by atoms with Crippen molar-refractivity contribution in [3.8, 4) is 0 Å². The molecular weight excluding hydrogens is 217 g/mol. The first-order valence-corrected chi connectivity index (χ1v) is 5.47. The summed E-state index contributed by atoms with van der Waals surface area (Å²) in [4.78, 5) is 7.72. The monoisotopic (exact) mass is 231 g/mol. The average molecular weight is 231 g/mol. The molecule has 3 nitrogen and oxygen atoms in total. The Bertz CT molecular complexity index is 473. The Balaban J connectivity index is 2.21. The summed E-state index contributed by atoms with van der Waals surface area (Å²) in [6.07, 6.45) is 7.05. The number of pyridine rings is 2. The van der Waals surface area contributed by atoms with Gasteiger partial charge >= 0.3 is 0 Å². The molecule has 0 spiro atoms. The Kier molecular flexibility index (Phi) is 3.77. The number of hydrogen-bond donors (Lipinski definition) is 1. The summed E-state index contributed by atoms with van der Waals surface area (Å²) in [5, 5.41) is 3.12. The van der Waals surface area contributed by atoms with Crippen LogP contribution in [0.3, 0.4) is 0 Å². The van der Waals surface area contributed by atoms with Gasteiger partial charge in [-0.25, -0.2) is 4.39 Å². The molecule has 17 heavy (non-hydrogen) atoms. The third-order valence-electron chi connectivity index (χ3n) is 2.72. The molecule has 0 aliphatic carbocycles. The number of rotatable bonds is 4. The highest BCUT2D eigenvalue weighted by molar-refractivity contribution is 5.21. The highest BCUT2D eigenvalue weighted by Gasteiger charge is 2.14. The van der Waals surface area contributed by atoms with Gasteiger partial charge < -0.3 is 5.32 Å². The molecule has 0 aromatic carbocycles. The van der Waals surface area contributed by atoms with Crippen molar-refractivity contribution in [1.29, 1.82) is 0 Å². The van der Waals surface area contributed by atoms with Gasteiger partial charge in [0.15, 0.2) is 0 Å². The zero-order valence-corrected chi connectivity index (χ0v) is 9.60. The summed E-state index contributed by atoms with van der Waals surface area (Å²) in [7, 11) is 1.83. The summed E-state index contributed by atoms with van der Waals surface area (Å²) >= 11 is 0. The maximum absolute atomic E-state index is 13.6. The lowest BCUT2D eigenvalue weighted by molar-refractivity contribution is 0.530. The van der Waals surface area contributed by atoms with Gasteiger partial charge in [-0.3, -0.25) is 9.97 Å². The van der Waals surface area contributed by atoms with Crippen LogP contribution in [0, 0.1) is 5.82 Å². The van der Waals surface area contributed by atoms with Gasteiger partial charge in [-0.15, -0.1) is 0 Å². The van der Waals surface area contributed by atoms with E-state index in [1.165, 1.54) is 6.20 Å². The van der Waals surface area contributed by atoms with E-state index in [1.54, 1.807) is 24.7 Å². The smallest absolute Gasteiger partial charge is 0.146 e. The molecule has 0 radical (unpaired) electrons. The Morgan fingerprint density at radius 3 is 2.53 bits per heavy atom. The zero-order valence-electron chi connectivity index (χ0n) is 9.60. The van der Waals surface area contributed by atoms with Crippen molar-refractivity contribution in [1.82, 2.24) is 15.3 Å². The fourth-order valence-electron chi connectivity index (χ4n) is 1.79. The summed E-state index contributed by atoms with van der Waals surface area (Å²) in [6.45, 7) is 0. The third-order valence-corrected chi connectivity index (χ3v) is 2.72. The van der Waals surface area contributed by atoms with Crippen molar-refractivity contribution in [3.63, 3.8) is 0 Å². The van der Waals surface area contributed by atoms with Crippen LogP contribution >= 0.6 is 0 Å². The summed E-state index contributed by atoms with van der Waals surface area (Å²) in [6, 6.07) is 5.52. The van der Waals surface area contributed by atoms with Gasteiger partial charge in [0, 0.05) is 30.2 Å². The van der Waals surface area contributed by atoms with Gasteiger partial charge in [-0.05, 0) is 37.2 Å². The topological polar surface area (TPSA) is 37.8 Å². The van der Waals surface area contributed by atoms with E-state index < -0.39 is 0 Å². The van der Waals surface area contributed by atoms with Gasteiger partial charge in [0.05, 0.1) is 6.20 Å². The molecule has 0 aliphatic heterocycles. The molecule has 0 saturated heterocycles. The van der Waals surface area contributed by atoms with Crippen molar-refractivity contribution in [2.45, 2.75) is 12.5 Å². The number of likely N-dealkylation sites (N-methyl/N-ethyl adjacent to an activating group) is 1. The van der Waals surface area contributed by atoms with E-state index in [9.17, 15) is 4.39 Å². The van der Waals surface area contributed by atoms with Crippen molar-refractivity contribution in [2.24, 2.45) is 0 Å². The fraction of sp³-hybridized carbons (Fsp3) is 0.231. The second kappa shape index (κ2) is 5.50. The predicted molar refractivity (Wildman–Crippen MR) is 63.9 cm³/mol. The molecule has 0 saturated carbocycles. The van der Waals surface area contributed by atoms with Crippen LogP contribution < -0.4 is 5.32 Å². The molecular formula is C13H14FN3. The van der Waals surface area contributed by atoms with E-state index in [4.69, 9.17) is 0 Å². The van der Waals surface area contributed by atoms with Crippen LogP contribution in [0.4, 0.5) is 4.39 Å². The SMILES string of the molecule is CNC(Cc1ccncc1)c1ccncc1F. The van der Waals surface area contributed by atoms with E-state index in [2.05, 4.69) is 15.3 Å². The van der Waals surface area contributed by atoms with Crippen molar-refractivity contribution in [2.75, 3.05) is 7.05 Å². The first-order chi connectivity index (χ1) is 8.31. The second-order valence-electron chi connectivity index (χ2n) is 3.80. The van der Waals surface area contributed by atoms with Gasteiger partial charge in [-0.1, -0.05) is 0 Å². The van der Waals surface area contributed by atoms with E-state index in [-0.39, 0.29) is 11.9 Å². The van der Waals surface area contributed by atoms with Crippen molar-refractivity contribution >= 4 is 0 Å². The molecule has 4 heteroatoms. The van der Waals surface area contributed by atoms with Crippen LogP contribution in [0.25, 0.3) is 0 Å². The minimum atomic E-state index is -0.277. The largest absolute Gasteiger partial charge is 0.313 e. The standard InChI is InChI=1S/C13H14FN3/c1-15-13(8-10-2-5-16-6-3-10)11-4-7-17-9-12(11)14/h2-7,9,13,15H,8H2,1H3. The Labute approximate surface area is 99.7 Å². The van der Waals surface area contributed by atoms with Crippen LogP contribution in [0.1, 0.15) is 17.2 Å². The summed E-state index contributed by atoms with van der Waals surface area (Å²) < 4.78 is 13.6. The van der Waals surface area contributed by atoms with Gasteiger partial charge in [0.2, 0.25) is 0 Å². The van der Waals surface area contributed by atoms with Gasteiger partial charge in [0.25, 0.3) is 0 Å². The molecule has 1 N–H and O–H groups in total. The summed E-state index contributed by atoms with van der Waals surface area (Å²) in [5.41, 5.74) is 1.76. The normalized spacial score (nSPS) is 12.4. The van der Waals surface area contributed by atoms with E-state index in [0.717, 1.165) is 12.0 Å². The lowest BCUT2D eigenvalue weighted by Crippen LogP contribution is -2.20. The molecule has 2 aromatic heterocycles. The molecule has 1 unspecified atom stereocenters. The number of hydrogen-bond acceptors (Lipinski definition) is 3. The lowest BCUT2D eigenvalue weighted by Gasteiger charge is -2.17. The maximum Gasteiger partial charge on any atom is 0.146 e. The zero-order chi connectivity index (χ0) is 12.1. The molecule has 2 rings (SSSR count). The molecule has 0 fully saturated rings. The molecule has 2 aromatic rings. The minimum Gasteiger partial charge on any atom is -0.313 e. The number of nitrogens with zero attached hydrogens (tertiary/aromatic N) is 2. The van der Waals surface area contributed by atoms with Crippen LogP contribution in [-0.2, 0) is 6.42 Å². The highest BCUT2D eigenvalue weighted by Crippen LogP contribution is 2.19. The first kappa shape index (κ1) is 11.7. The quantitative estimate of drug-likeness (QED) is 0.875. The minimum absolute atomic E-state index is 0.0552. The Morgan fingerprint density at radius 2 is 1.88 bits per heavy atom. The highest BCUT2D eigenvalue weighted by atomic mass is 19.1. The van der Waals surface area contributed by atoms with Crippen LogP contribution in [0.5, 0.6) is 0 Å². The van der Waals surface area contributed by atoms with Crippen molar-refractivity contribution < 1.29 is 4.39 Å². The number of aromatic nitrogens is 2. The molecule has 2 heterocycles. The molecule has 0 amide bonds. The molecule has 88 valence electrons. The van der Waals surface area contributed by atoms with E-state index >= 15 is 0 Å². The van der Waals surface area contributed by atoms with Crippen LogP contribution in [-0.4, -0.2) is 17.0 Å². The molecule has 1 atom stereocenters.